The summed E-state index contributed by atoms with van der Waals surface area (Å²) >= 11 is 0. The van der Waals surface area contributed by atoms with Crippen LogP contribution in [0.3, 0.4) is 0 Å². The van der Waals surface area contributed by atoms with Crippen molar-refractivity contribution < 1.29 is 23.0 Å². The summed E-state index contributed by atoms with van der Waals surface area (Å²) in [7, 11) is 0. The van der Waals surface area contributed by atoms with Crippen LogP contribution in [0.2, 0.25) is 0 Å². The van der Waals surface area contributed by atoms with Crippen LogP contribution in [0.25, 0.3) is 6.08 Å². The number of rotatable bonds is 3. The van der Waals surface area contributed by atoms with Crippen LogP contribution in [0.5, 0.6) is 5.75 Å². The van der Waals surface area contributed by atoms with Crippen LogP contribution in [0, 0.1) is 6.92 Å². The molecule has 0 saturated carbocycles. The summed E-state index contributed by atoms with van der Waals surface area (Å²) in [6.07, 6.45) is -5.05. The maximum absolute atomic E-state index is 14.2. The summed E-state index contributed by atoms with van der Waals surface area (Å²) < 4.78 is 48.2. The fourth-order valence-corrected chi connectivity index (χ4v) is 3.27. The molecule has 0 aliphatic carbocycles. The molecule has 25 heavy (non-hydrogen) atoms. The molecular weight excluding hydrogens is 329 g/mol. The Bertz CT molecular complexity index is 796. The zero-order valence-corrected chi connectivity index (χ0v) is 14.0. The van der Waals surface area contributed by atoms with Crippen LogP contribution < -0.4 is 4.74 Å². The van der Waals surface area contributed by atoms with Gasteiger partial charge in [0.2, 0.25) is 0 Å². The van der Waals surface area contributed by atoms with Gasteiger partial charge in [0, 0.05) is 5.56 Å². The molecular formula is C20H19F3O2. The molecule has 1 heterocycles. The van der Waals surface area contributed by atoms with Gasteiger partial charge in [-0.15, -0.1) is 0 Å². The van der Waals surface area contributed by atoms with E-state index in [2.05, 4.69) is 0 Å². The van der Waals surface area contributed by atoms with Gasteiger partial charge in [-0.3, -0.25) is 0 Å². The second kappa shape index (κ2) is 6.23. The monoisotopic (exact) mass is 348 g/mol. The number of aryl methyl sites for hydroxylation is 1. The lowest BCUT2D eigenvalue weighted by Crippen LogP contribution is -2.57. The second-order valence-corrected chi connectivity index (χ2v) is 6.21. The lowest BCUT2D eigenvalue weighted by molar-refractivity contribution is -0.265. The molecule has 0 bridgehead atoms. The number of alkyl halides is 3. The Morgan fingerprint density at radius 1 is 1.12 bits per heavy atom. The van der Waals surface area contributed by atoms with Crippen molar-refractivity contribution in [1.82, 2.24) is 0 Å². The predicted molar refractivity (Wildman–Crippen MR) is 90.3 cm³/mol. The van der Waals surface area contributed by atoms with E-state index < -0.39 is 17.9 Å². The Kier molecular flexibility index (Phi) is 4.37. The van der Waals surface area contributed by atoms with Crippen LogP contribution in [0.15, 0.2) is 54.1 Å². The van der Waals surface area contributed by atoms with Crippen LogP contribution in [-0.2, 0) is 0 Å². The number of halogens is 3. The van der Waals surface area contributed by atoms with Crippen LogP contribution in [0.1, 0.15) is 36.1 Å². The number of hydrogen-bond donors (Lipinski definition) is 1. The third-order valence-corrected chi connectivity index (χ3v) is 4.55. The minimum Gasteiger partial charge on any atom is -0.470 e. The highest BCUT2D eigenvalue weighted by molar-refractivity contribution is 5.66. The molecule has 2 atom stereocenters. The van der Waals surface area contributed by atoms with Crippen molar-refractivity contribution in [3.63, 3.8) is 0 Å². The molecule has 2 aromatic carbocycles. The van der Waals surface area contributed by atoms with E-state index in [0.29, 0.717) is 5.56 Å². The SMILES string of the molecule is CCC1=Cc2cc(C)ccc2OC1(C(O)c1ccccc1)C(F)(F)F. The van der Waals surface area contributed by atoms with E-state index in [-0.39, 0.29) is 23.3 Å². The molecule has 1 aliphatic heterocycles. The van der Waals surface area contributed by atoms with Gasteiger partial charge in [0.05, 0.1) is 0 Å². The molecule has 0 saturated heterocycles. The van der Waals surface area contributed by atoms with E-state index in [0.717, 1.165) is 5.56 Å². The smallest absolute Gasteiger partial charge is 0.435 e. The molecule has 0 radical (unpaired) electrons. The molecule has 1 aliphatic rings. The summed E-state index contributed by atoms with van der Waals surface area (Å²) in [5.41, 5.74) is -1.11. The van der Waals surface area contributed by atoms with Crippen molar-refractivity contribution in [1.29, 1.82) is 0 Å². The molecule has 0 aromatic heterocycles. The molecule has 0 spiro atoms. The maximum atomic E-state index is 14.2. The summed E-state index contributed by atoms with van der Waals surface area (Å²) in [6.45, 7) is 3.50. The lowest BCUT2D eigenvalue weighted by Gasteiger charge is -2.43. The fraction of sp³-hybridized carbons (Fsp3) is 0.300. The Hall–Kier alpha value is -2.27. The molecule has 5 heteroatoms. The van der Waals surface area contributed by atoms with Crippen molar-refractivity contribution in [2.45, 2.75) is 38.1 Å². The summed E-state index contributed by atoms with van der Waals surface area (Å²) in [5, 5.41) is 10.7. The van der Waals surface area contributed by atoms with Crippen molar-refractivity contribution in [2.24, 2.45) is 0 Å². The largest absolute Gasteiger partial charge is 0.470 e. The first-order valence-electron chi connectivity index (χ1n) is 8.10. The van der Waals surface area contributed by atoms with E-state index in [1.807, 2.05) is 6.92 Å². The highest BCUT2D eigenvalue weighted by Gasteiger charge is 2.65. The minimum absolute atomic E-state index is 0.00875. The van der Waals surface area contributed by atoms with E-state index in [9.17, 15) is 18.3 Å². The highest BCUT2D eigenvalue weighted by atomic mass is 19.4. The van der Waals surface area contributed by atoms with Gasteiger partial charge in [-0.2, -0.15) is 13.2 Å². The van der Waals surface area contributed by atoms with Crippen molar-refractivity contribution >= 4 is 6.08 Å². The molecule has 2 unspecified atom stereocenters. The van der Waals surface area contributed by atoms with E-state index in [1.165, 1.54) is 24.3 Å². The van der Waals surface area contributed by atoms with E-state index >= 15 is 0 Å². The molecule has 2 aromatic rings. The zero-order valence-electron chi connectivity index (χ0n) is 14.0. The number of ether oxygens (including phenoxy) is 1. The quantitative estimate of drug-likeness (QED) is 0.824. The normalized spacial score (nSPS) is 21.1. The predicted octanol–water partition coefficient (Wildman–Crippen LogP) is 5.22. The second-order valence-electron chi connectivity index (χ2n) is 6.21. The van der Waals surface area contributed by atoms with Gasteiger partial charge < -0.3 is 9.84 Å². The number of aliphatic hydroxyl groups is 1. The summed E-state index contributed by atoms with van der Waals surface area (Å²) in [4.78, 5) is 0. The minimum atomic E-state index is -4.79. The number of fused-ring (bicyclic) bond motifs is 1. The molecule has 0 amide bonds. The van der Waals surface area contributed by atoms with E-state index in [4.69, 9.17) is 4.74 Å². The van der Waals surface area contributed by atoms with Crippen LogP contribution in [-0.4, -0.2) is 16.9 Å². The van der Waals surface area contributed by atoms with Gasteiger partial charge in [0.1, 0.15) is 11.9 Å². The maximum Gasteiger partial charge on any atom is 0.435 e. The Morgan fingerprint density at radius 2 is 1.80 bits per heavy atom. The zero-order chi connectivity index (χ0) is 18.2. The average molecular weight is 348 g/mol. The molecule has 132 valence electrons. The Labute approximate surface area is 144 Å². The topological polar surface area (TPSA) is 29.5 Å². The molecule has 1 N–H and O–H groups in total. The molecule has 3 rings (SSSR count). The summed E-state index contributed by atoms with van der Waals surface area (Å²) in [6, 6.07) is 12.8. The molecule has 2 nitrogen and oxygen atoms in total. The summed E-state index contributed by atoms with van der Waals surface area (Å²) in [5.74, 6) is 0.120. The third-order valence-electron chi connectivity index (χ3n) is 4.55. The van der Waals surface area contributed by atoms with Gasteiger partial charge in [0.25, 0.3) is 5.60 Å². The van der Waals surface area contributed by atoms with Gasteiger partial charge in [0.15, 0.2) is 0 Å². The average Bonchev–Trinajstić information content (AvgIpc) is 2.59. The van der Waals surface area contributed by atoms with Crippen LogP contribution in [0.4, 0.5) is 13.2 Å². The fourth-order valence-electron chi connectivity index (χ4n) is 3.27. The van der Waals surface area contributed by atoms with Gasteiger partial charge in [-0.05, 0) is 42.7 Å². The number of hydrogen-bond acceptors (Lipinski definition) is 2. The third kappa shape index (κ3) is 2.82. The standard InChI is InChI=1S/C20H19F3O2/c1-3-16-12-15-11-13(2)9-10-17(15)25-19(16,20(21,22)23)18(24)14-7-5-4-6-8-14/h4-12,18,24H,3H2,1-2H3. The highest BCUT2D eigenvalue weighted by Crippen LogP contribution is 2.52. The first-order chi connectivity index (χ1) is 11.8. The van der Waals surface area contributed by atoms with Crippen molar-refractivity contribution in [3.8, 4) is 5.75 Å². The molecule has 0 fully saturated rings. The first kappa shape index (κ1) is 17.5. The lowest BCUT2D eigenvalue weighted by atomic mass is 9.79. The van der Waals surface area contributed by atoms with Gasteiger partial charge >= 0.3 is 6.18 Å². The first-order valence-corrected chi connectivity index (χ1v) is 8.10. The van der Waals surface area contributed by atoms with Gasteiger partial charge in [-0.1, -0.05) is 48.9 Å². The number of benzene rings is 2. The van der Waals surface area contributed by atoms with Crippen LogP contribution >= 0.6 is 0 Å². The van der Waals surface area contributed by atoms with Crippen molar-refractivity contribution in [3.05, 3.63) is 70.8 Å². The number of aliphatic hydroxyl groups excluding tert-OH is 1. The van der Waals surface area contributed by atoms with Gasteiger partial charge in [-0.25, -0.2) is 0 Å². The Balaban J connectivity index is 2.21. The van der Waals surface area contributed by atoms with Crippen molar-refractivity contribution in [2.75, 3.05) is 0 Å². The Morgan fingerprint density at radius 3 is 2.40 bits per heavy atom. The van der Waals surface area contributed by atoms with E-state index in [1.54, 1.807) is 37.3 Å².